The largest absolute Gasteiger partial charge is 0.396 e. The quantitative estimate of drug-likeness (QED) is 0.613. The molecule has 3 aliphatic rings. The van der Waals surface area contributed by atoms with Crippen LogP contribution in [0.5, 0.6) is 0 Å². The van der Waals surface area contributed by atoms with Crippen molar-refractivity contribution in [2.75, 3.05) is 40.3 Å². The highest BCUT2D eigenvalue weighted by molar-refractivity contribution is 5.82. The molecule has 0 bridgehead atoms. The zero-order chi connectivity index (χ0) is 22.1. The third-order valence-electron chi connectivity index (χ3n) is 7.29. The summed E-state index contributed by atoms with van der Waals surface area (Å²) in [4.78, 5) is 30.7. The topological polar surface area (TPSA) is 77.8 Å². The van der Waals surface area contributed by atoms with Gasteiger partial charge in [-0.2, -0.15) is 0 Å². The molecule has 4 atom stereocenters. The van der Waals surface area contributed by atoms with Gasteiger partial charge in [0, 0.05) is 42.8 Å². The molecule has 7 nitrogen and oxygen atoms in total. The zero-order valence-electron chi connectivity index (χ0n) is 19.0. The predicted octanol–water partition coefficient (Wildman–Crippen LogP) is 1.47. The number of rotatable bonds is 8. The Morgan fingerprint density at radius 1 is 1.32 bits per heavy atom. The number of carbonyl (C=O) groups excluding carboxylic acids is 1. The monoisotopic (exact) mass is 428 g/mol. The van der Waals surface area contributed by atoms with Crippen molar-refractivity contribution >= 4 is 11.5 Å². The number of pyridine rings is 1. The van der Waals surface area contributed by atoms with E-state index in [0.29, 0.717) is 19.6 Å². The fourth-order valence-corrected chi connectivity index (χ4v) is 5.85. The molecule has 4 rings (SSSR count). The lowest BCUT2D eigenvalue weighted by molar-refractivity contribution is -0.127. The Morgan fingerprint density at radius 2 is 2.13 bits per heavy atom. The molecule has 2 aliphatic heterocycles. The normalized spacial score (nSPS) is 27.5. The first-order valence-electron chi connectivity index (χ1n) is 11.7. The lowest BCUT2D eigenvalue weighted by Crippen LogP contribution is -2.48. The molecule has 3 heterocycles. The molecule has 1 amide bonds. The Hall–Kier alpha value is -1.96. The highest BCUT2D eigenvalue weighted by Crippen LogP contribution is 2.49. The summed E-state index contributed by atoms with van der Waals surface area (Å²) < 4.78 is 1.90. The number of hydrogen-bond donors (Lipinski definition) is 2. The van der Waals surface area contributed by atoms with Gasteiger partial charge in [-0.15, -0.1) is 0 Å². The molecule has 170 valence electrons. The maximum atomic E-state index is 13.3. The van der Waals surface area contributed by atoms with Crippen LogP contribution < -0.4 is 10.9 Å². The van der Waals surface area contributed by atoms with E-state index in [9.17, 15) is 14.7 Å². The lowest BCUT2D eigenvalue weighted by Gasteiger charge is -2.29. The van der Waals surface area contributed by atoms with Crippen molar-refractivity contribution in [3.8, 4) is 0 Å². The Kier molecular flexibility index (Phi) is 6.65. The average Bonchev–Trinajstić information content (AvgIpc) is 3.46. The maximum Gasteiger partial charge on any atom is 0.258 e. The van der Waals surface area contributed by atoms with Gasteiger partial charge in [-0.3, -0.25) is 14.5 Å². The summed E-state index contributed by atoms with van der Waals surface area (Å²) in [6.07, 6.45) is 6.21. The first-order chi connectivity index (χ1) is 15.0. The molecule has 2 N–H and O–H groups in total. The molecule has 1 saturated heterocycles. The number of hydrogen-bond acceptors (Lipinski definition) is 5. The molecule has 0 spiro atoms. The SMILES string of the molecule is CCN1[C@H](C(=O)NCCCN(C)C)[C@@H](CO)[C@@H]2Cn3c(ccc(C4=CCCC4)c3=O)[C@@H]21. The van der Waals surface area contributed by atoms with Crippen LogP contribution in [0.1, 0.15) is 49.9 Å². The van der Waals surface area contributed by atoms with Crippen LogP contribution in [0.2, 0.25) is 0 Å². The Bertz CT molecular complexity index is 907. The van der Waals surface area contributed by atoms with Gasteiger partial charge in [-0.1, -0.05) is 13.0 Å². The molecule has 0 radical (unpaired) electrons. The summed E-state index contributed by atoms with van der Waals surface area (Å²) >= 11 is 0. The minimum atomic E-state index is -0.356. The van der Waals surface area contributed by atoms with Gasteiger partial charge >= 0.3 is 0 Å². The van der Waals surface area contributed by atoms with Crippen LogP contribution in [0, 0.1) is 11.8 Å². The number of nitrogens with one attached hydrogen (secondary N) is 1. The van der Waals surface area contributed by atoms with Crippen LogP contribution >= 0.6 is 0 Å². The summed E-state index contributed by atoms with van der Waals surface area (Å²) in [6, 6.07) is 3.70. The van der Waals surface area contributed by atoms with Gasteiger partial charge in [0.25, 0.3) is 5.56 Å². The molecule has 0 saturated carbocycles. The van der Waals surface area contributed by atoms with E-state index >= 15 is 0 Å². The number of fused-ring (bicyclic) bond motifs is 3. The number of aliphatic hydroxyl groups excluding tert-OH is 1. The van der Waals surface area contributed by atoms with Crippen molar-refractivity contribution in [3.05, 3.63) is 39.8 Å². The molecular weight excluding hydrogens is 392 g/mol. The van der Waals surface area contributed by atoms with E-state index in [2.05, 4.69) is 34.2 Å². The van der Waals surface area contributed by atoms with Gasteiger partial charge in [0.1, 0.15) is 0 Å². The maximum absolute atomic E-state index is 13.3. The average molecular weight is 429 g/mol. The molecule has 31 heavy (non-hydrogen) atoms. The fraction of sp³-hybridized carbons (Fsp3) is 0.667. The number of aromatic nitrogens is 1. The van der Waals surface area contributed by atoms with Crippen LogP contribution in [0.4, 0.5) is 0 Å². The zero-order valence-corrected chi connectivity index (χ0v) is 19.0. The molecule has 0 unspecified atom stereocenters. The number of likely N-dealkylation sites (tertiary alicyclic amines) is 1. The van der Waals surface area contributed by atoms with Crippen molar-refractivity contribution in [2.24, 2.45) is 11.8 Å². The first kappa shape index (κ1) is 22.2. The van der Waals surface area contributed by atoms with Gasteiger partial charge in [0.15, 0.2) is 0 Å². The summed E-state index contributed by atoms with van der Waals surface area (Å²) in [5, 5.41) is 13.3. The van der Waals surface area contributed by atoms with Crippen LogP contribution in [0.15, 0.2) is 23.0 Å². The van der Waals surface area contributed by atoms with E-state index in [-0.39, 0.29) is 42.0 Å². The number of aliphatic hydroxyl groups is 1. The van der Waals surface area contributed by atoms with Gasteiger partial charge < -0.3 is 19.9 Å². The fourth-order valence-electron chi connectivity index (χ4n) is 5.85. The van der Waals surface area contributed by atoms with Gasteiger partial charge in [0.2, 0.25) is 5.91 Å². The number of allylic oxidation sites excluding steroid dienone is 2. The van der Waals surface area contributed by atoms with Gasteiger partial charge in [-0.25, -0.2) is 0 Å². The van der Waals surface area contributed by atoms with Crippen LogP contribution in [0.3, 0.4) is 0 Å². The smallest absolute Gasteiger partial charge is 0.258 e. The van der Waals surface area contributed by atoms with Gasteiger partial charge in [-0.05, 0) is 70.6 Å². The second kappa shape index (κ2) is 9.27. The minimum absolute atomic E-state index is 0.000942. The summed E-state index contributed by atoms with van der Waals surface area (Å²) in [7, 11) is 4.04. The van der Waals surface area contributed by atoms with Crippen LogP contribution in [-0.4, -0.2) is 71.8 Å². The Balaban J connectivity index is 1.58. The Labute approximate surface area is 184 Å². The van der Waals surface area contributed by atoms with Crippen molar-refractivity contribution in [1.29, 1.82) is 0 Å². The second-order valence-electron chi connectivity index (χ2n) is 9.39. The van der Waals surface area contributed by atoms with Crippen molar-refractivity contribution < 1.29 is 9.90 Å². The van der Waals surface area contributed by atoms with E-state index < -0.39 is 0 Å². The molecular formula is C24H36N4O3. The molecule has 0 aromatic carbocycles. The van der Waals surface area contributed by atoms with Gasteiger partial charge in [0.05, 0.1) is 12.1 Å². The van der Waals surface area contributed by atoms with Crippen molar-refractivity contribution in [2.45, 2.75) is 51.2 Å². The molecule has 1 aliphatic carbocycles. The van der Waals surface area contributed by atoms with E-state index in [4.69, 9.17) is 0 Å². The minimum Gasteiger partial charge on any atom is -0.396 e. The molecule has 1 aromatic rings. The number of likely N-dealkylation sites (N-methyl/N-ethyl adjacent to an activating group) is 1. The Morgan fingerprint density at radius 3 is 2.77 bits per heavy atom. The highest BCUT2D eigenvalue weighted by Gasteiger charge is 2.54. The van der Waals surface area contributed by atoms with Crippen molar-refractivity contribution in [3.63, 3.8) is 0 Å². The van der Waals surface area contributed by atoms with Crippen LogP contribution in [0.25, 0.3) is 5.57 Å². The first-order valence-corrected chi connectivity index (χ1v) is 11.7. The second-order valence-corrected chi connectivity index (χ2v) is 9.39. The predicted molar refractivity (Wildman–Crippen MR) is 122 cm³/mol. The molecule has 1 fully saturated rings. The number of nitrogens with zero attached hydrogens (tertiary/aromatic N) is 3. The van der Waals surface area contributed by atoms with Crippen molar-refractivity contribution in [1.82, 2.24) is 19.7 Å². The summed E-state index contributed by atoms with van der Waals surface area (Å²) in [5.41, 5.74) is 3.05. The summed E-state index contributed by atoms with van der Waals surface area (Å²) in [6.45, 7) is 4.84. The van der Waals surface area contributed by atoms with E-state index in [0.717, 1.165) is 43.5 Å². The van der Waals surface area contributed by atoms with Crippen LogP contribution in [-0.2, 0) is 11.3 Å². The third-order valence-corrected chi connectivity index (χ3v) is 7.29. The molecule has 7 heteroatoms. The number of carbonyl (C=O) groups is 1. The summed E-state index contributed by atoms with van der Waals surface area (Å²) in [5.74, 6) is -0.106. The highest BCUT2D eigenvalue weighted by atomic mass is 16.3. The van der Waals surface area contributed by atoms with E-state index in [1.807, 2.05) is 24.7 Å². The standard InChI is InChI=1S/C24H36N4O3/c1-4-27-21-18(19(15-29)22(27)23(30)25-12-7-13-26(2)3)14-28-20(21)11-10-17(24(28)31)16-8-5-6-9-16/h8,10-11,18-19,21-22,29H,4-7,9,12-15H2,1-3H3,(H,25,30)/t18-,19-,21+,22-/m0/s1. The van der Waals surface area contributed by atoms with E-state index in [1.54, 1.807) is 0 Å². The third kappa shape index (κ3) is 3.99. The lowest BCUT2D eigenvalue weighted by atomic mass is 9.88. The van der Waals surface area contributed by atoms with E-state index in [1.165, 1.54) is 5.57 Å². The number of amides is 1. The molecule has 1 aromatic heterocycles.